The second kappa shape index (κ2) is 14.2. The molecule has 3 rings (SSSR count). The molecule has 0 aliphatic rings. The van der Waals surface area contributed by atoms with E-state index in [4.69, 9.17) is 44.3 Å². The van der Waals surface area contributed by atoms with Gasteiger partial charge in [0.15, 0.2) is 11.5 Å². The molecule has 3 aromatic carbocycles. The van der Waals surface area contributed by atoms with E-state index in [9.17, 15) is 9.59 Å². The van der Waals surface area contributed by atoms with Gasteiger partial charge in [0.05, 0.1) is 27.3 Å². The Morgan fingerprint density at radius 1 is 1.00 bits per heavy atom. The predicted molar refractivity (Wildman–Crippen MR) is 150 cm³/mol. The molecule has 2 N–H and O–H groups in total. The van der Waals surface area contributed by atoms with Gasteiger partial charge in [-0.05, 0) is 76.4 Å². The molecule has 0 unspecified atom stereocenters. The summed E-state index contributed by atoms with van der Waals surface area (Å²) >= 11 is 21.2. The number of carbonyl (C=O) groups excluding carboxylic acids is 2. The molecule has 0 fully saturated rings. The molecule has 0 saturated carbocycles. The number of amides is 2. The van der Waals surface area contributed by atoms with Gasteiger partial charge in [0.1, 0.15) is 6.61 Å². The van der Waals surface area contributed by atoms with Crippen LogP contribution in [0.5, 0.6) is 11.5 Å². The number of nitrogens with zero attached hydrogens (tertiary/aromatic N) is 1. The predicted octanol–water partition coefficient (Wildman–Crippen LogP) is 6.66. The quantitative estimate of drug-likeness (QED) is 0.184. The highest BCUT2D eigenvalue weighted by molar-refractivity contribution is 9.10. The van der Waals surface area contributed by atoms with Crippen LogP contribution in [0.25, 0.3) is 0 Å². The largest absolute Gasteiger partial charge is 0.490 e. The van der Waals surface area contributed by atoms with E-state index in [-0.39, 0.29) is 29.8 Å². The van der Waals surface area contributed by atoms with Gasteiger partial charge in [0.25, 0.3) is 5.91 Å². The topological polar surface area (TPSA) is 89.0 Å². The first kappa shape index (κ1) is 28.8. The molecule has 3 aromatic rings. The van der Waals surface area contributed by atoms with Crippen LogP contribution in [0.2, 0.25) is 15.1 Å². The van der Waals surface area contributed by atoms with Gasteiger partial charge in [-0.3, -0.25) is 9.59 Å². The molecular weight excluding hydrogens is 605 g/mol. The number of rotatable bonds is 11. The minimum absolute atomic E-state index is 0.0375. The summed E-state index contributed by atoms with van der Waals surface area (Å²) in [5.74, 6) is 0.360. The van der Waals surface area contributed by atoms with Crippen molar-refractivity contribution < 1.29 is 19.1 Å². The van der Waals surface area contributed by atoms with E-state index in [1.165, 1.54) is 18.3 Å². The molecule has 0 heterocycles. The first-order valence-corrected chi connectivity index (χ1v) is 13.1. The molecule has 0 saturated heterocycles. The fourth-order valence-electron chi connectivity index (χ4n) is 3.07. The van der Waals surface area contributed by atoms with Gasteiger partial charge >= 0.3 is 0 Å². The van der Waals surface area contributed by atoms with E-state index >= 15 is 0 Å². The SMILES string of the molecule is CCOc1cc(C=NNC(=O)CCNC(=O)c2ccc(Cl)c(Cl)c2)cc(Br)c1OCc1ccc(Cl)cc1. The maximum absolute atomic E-state index is 12.2. The van der Waals surface area contributed by atoms with Gasteiger partial charge in [0, 0.05) is 23.6 Å². The van der Waals surface area contributed by atoms with Gasteiger partial charge in [-0.25, -0.2) is 5.43 Å². The summed E-state index contributed by atoms with van der Waals surface area (Å²) in [6, 6.07) is 15.5. The van der Waals surface area contributed by atoms with Crippen LogP contribution in [0.1, 0.15) is 34.8 Å². The Balaban J connectivity index is 1.53. The minimum Gasteiger partial charge on any atom is -0.490 e. The smallest absolute Gasteiger partial charge is 0.251 e. The van der Waals surface area contributed by atoms with Crippen molar-refractivity contribution in [2.24, 2.45) is 5.10 Å². The molecule has 0 aliphatic heterocycles. The number of halogens is 4. The van der Waals surface area contributed by atoms with Crippen molar-refractivity contribution in [3.05, 3.63) is 90.8 Å². The second-order valence-electron chi connectivity index (χ2n) is 7.61. The average Bonchev–Trinajstić information content (AvgIpc) is 2.86. The Kier molecular flexibility index (Phi) is 11.1. The lowest BCUT2D eigenvalue weighted by Crippen LogP contribution is -2.29. The zero-order valence-electron chi connectivity index (χ0n) is 19.7. The number of benzene rings is 3. The molecular formula is C26H23BrCl3N3O4. The molecule has 194 valence electrons. The monoisotopic (exact) mass is 625 g/mol. The van der Waals surface area contributed by atoms with Crippen molar-refractivity contribution in [1.29, 1.82) is 0 Å². The Morgan fingerprint density at radius 3 is 2.46 bits per heavy atom. The third-order valence-corrected chi connectivity index (χ3v) is 6.43. The van der Waals surface area contributed by atoms with E-state index in [2.05, 4.69) is 31.8 Å². The van der Waals surface area contributed by atoms with E-state index < -0.39 is 0 Å². The van der Waals surface area contributed by atoms with Crippen LogP contribution in [0.4, 0.5) is 0 Å². The summed E-state index contributed by atoms with van der Waals surface area (Å²) in [7, 11) is 0. The minimum atomic E-state index is -0.363. The van der Waals surface area contributed by atoms with E-state index in [1.807, 2.05) is 19.1 Å². The third-order valence-electron chi connectivity index (χ3n) is 4.85. The van der Waals surface area contributed by atoms with Gasteiger partial charge in [-0.15, -0.1) is 0 Å². The fraction of sp³-hybridized carbons (Fsp3) is 0.192. The molecule has 0 aliphatic carbocycles. The van der Waals surface area contributed by atoms with Crippen LogP contribution in [0.3, 0.4) is 0 Å². The number of ether oxygens (including phenoxy) is 2. The van der Waals surface area contributed by atoms with Gasteiger partial charge in [-0.2, -0.15) is 5.10 Å². The summed E-state index contributed by atoms with van der Waals surface area (Å²) in [6.45, 7) is 2.77. The zero-order chi connectivity index (χ0) is 26.8. The standard InChI is InChI=1S/C26H23BrCl3N3O4/c1-2-36-23-12-17(11-20(27)25(23)37-15-16-3-6-19(28)7-4-16)14-32-33-24(34)9-10-31-26(35)18-5-8-21(29)22(30)13-18/h3-8,11-14H,2,9-10,15H2,1H3,(H,31,35)(H,33,34). The highest BCUT2D eigenvalue weighted by atomic mass is 79.9. The van der Waals surface area contributed by atoms with Gasteiger partial charge in [0.2, 0.25) is 5.91 Å². The van der Waals surface area contributed by atoms with Crippen LogP contribution in [-0.4, -0.2) is 31.2 Å². The summed E-state index contributed by atoms with van der Waals surface area (Å²) in [5, 5.41) is 7.94. The van der Waals surface area contributed by atoms with Crippen molar-refractivity contribution in [3.8, 4) is 11.5 Å². The highest BCUT2D eigenvalue weighted by Crippen LogP contribution is 2.37. The Hall–Kier alpha value is -2.78. The van der Waals surface area contributed by atoms with Crippen LogP contribution in [0, 0.1) is 0 Å². The van der Waals surface area contributed by atoms with Gasteiger partial charge < -0.3 is 14.8 Å². The fourth-order valence-corrected chi connectivity index (χ4v) is 4.06. The number of carbonyl (C=O) groups is 2. The van der Waals surface area contributed by atoms with E-state index in [0.29, 0.717) is 50.4 Å². The van der Waals surface area contributed by atoms with E-state index in [0.717, 1.165) is 5.56 Å². The second-order valence-corrected chi connectivity index (χ2v) is 9.71. The molecule has 2 amide bonds. The van der Waals surface area contributed by atoms with Crippen LogP contribution < -0.4 is 20.2 Å². The lowest BCUT2D eigenvalue weighted by atomic mass is 10.2. The van der Waals surface area contributed by atoms with Crippen molar-refractivity contribution in [2.75, 3.05) is 13.2 Å². The summed E-state index contributed by atoms with van der Waals surface area (Å²) in [6.07, 6.45) is 1.53. The van der Waals surface area contributed by atoms with Crippen molar-refractivity contribution in [1.82, 2.24) is 10.7 Å². The molecule has 0 radical (unpaired) electrons. The lowest BCUT2D eigenvalue weighted by Gasteiger charge is -2.14. The third kappa shape index (κ3) is 8.93. The molecule has 0 spiro atoms. The van der Waals surface area contributed by atoms with Gasteiger partial charge in [-0.1, -0.05) is 46.9 Å². The molecule has 11 heteroatoms. The van der Waals surface area contributed by atoms with Crippen molar-refractivity contribution in [3.63, 3.8) is 0 Å². The summed E-state index contributed by atoms with van der Waals surface area (Å²) in [5.41, 5.74) is 4.43. The molecule has 7 nitrogen and oxygen atoms in total. The Morgan fingerprint density at radius 2 is 1.76 bits per heavy atom. The van der Waals surface area contributed by atoms with Crippen molar-refractivity contribution in [2.45, 2.75) is 20.0 Å². The van der Waals surface area contributed by atoms with Crippen LogP contribution in [-0.2, 0) is 11.4 Å². The molecule has 37 heavy (non-hydrogen) atoms. The van der Waals surface area contributed by atoms with Crippen molar-refractivity contribution >= 4 is 68.8 Å². The highest BCUT2D eigenvalue weighted by Gasteiger charge is 2.13. The van der Waals surface area contributed by atoms with Crippen LogP contribution >= 0.6 is 50.7 Å². The maximum Gasteiger partial charge on any atom is 0.251 e. The number of hydrogen-bond donors (Lipinski definition) is 2. The zero-order valence-corrected chi connectivity index (χ0v) is 23.5. The summed E-state index contributed by atoms with van der Waals surface area (Å²) < 4.78 is 12.4. The van der Waals surface area contributed by atoms with E-state index in [1.54, 1.807) is 30.3 Å². The summed E-state index contributed by atoms with van der Waals surface area (Å²) in [4.78, 5) is 24.3. The number of hydrogen-bond acceptors (Lipinski definition) is 5. The molecule has 0 aromatic heterocycles. The Labute approximate surface area is 238 Å². The average molecular weight is 628 g/mol. The molecule has 0 bridgehead atoms. The lowest BCUT2D eigenvalue weighted by molar-refractivity contribution is -0.120. The number of hydrazone groups is 1. The van der Waals surface area contributed by atoms with Crippen LogP contribution in [0.15, 0.2) is 64.2 Å². The first-order valence-electron chi connectivity index (χ1n) is 11.2. The normalized spacial score (nSPS) is 10.8. The number of nitrogens with one attached hydrogen (secondary N) is 2. The molecule has 0 atom stereocenters. The first-order chi connectivity index (χ1) is 17.8. The Bertz CT molecular complexity index is 1290. The maximum atomic E-state index is 12.2.